The van der Waals surface area contributed by atoms with Crippen LogP contribution in [0.2, 0.25) is 0 Å². The van der Waals surface area contributed by atoms with Crippen molar-refractivity contribution in [2.75, 3.05) is 33.9 Å². The molecule has 4 heteroatoms. The Kier molecular flexibility index (Phi) is 5.53. The standard InChI is InChI=1S/C12H18N2O2/c1-14(2)8-4-5-11-12(16-10-9-15)6-3-7-13-11/h3-7,15H,8-10H2,1-2H3. The number of aliphatic hydroxyl groups is 1. The molecule has 0 amide bonds. The molecule has 1 aromatic heterocycles. The number of likely N-dealkylation sites (N-methyl/N-ethyl adjacent to an activating group) is 1. The highest BCUT2D eigenvalue weighted by molar-refractivity contribution is 5.52. The quantitative estimate of drug-likeness (QED) is 0.781. The van der Waals surface area contributed by atoms with Gasteiger partial charge in [0.2, 0.25) is 0 Å². The van der Waals surface area contributed by atoms with Crippen molar-refractivity contribution in [3.8, 4) is 5.75 Å². The summed E-state index contributed by atoms with van der Waals surface area (Å²) in [6.07, 6.45) is 5.67. The Hall–Kier alpha value is -1.39. The number of hydrogen-bond acceptors (Lipinski definition) is 4. The van der Waals surface area contributed by atoms with Crippen LogP contribution in [0.25, 0.3) is 6.08 Å². The van der Waals surface area contributed by atoms with Gasteiger partial charge in [0, 0.05) is 12.7 Å². The van der Waals surface area contributed by atoms with Gasteiger partial charge in [0.25, 0.3) is 0 Å². The number of aliphatic hydroxyl groups excluding tert-OH is 1. The maximum absolute atomic E-state index is 8.70. The van der Waals surface area contributed by atoms with Gasteiger partial charge in [0.15, 0.2) is 0 Å². The van der Waals surface area contributed by atoms with Gasteiger partial charge in [-0.15, -0.1) is 0 Å². The molecule has 1 heterocycles. The van der Waals surface area contributed by atoms with Crippen molar-refractivity contribution in [2.45, 2.75) is 0 Å². The van der Waals surface area contributed by atoms with E-state index in [1.807, 2.05) is 38.4 Å². The van der Waals surface area contributed by atoms with E-state index in [9.17, 15) is 0 Å². The van der Waals surface area contributed by atoms with Crippen molar-refractivity contribution in [2.24, 2.45) is 0 Å². The highest BCUT2D eigenvalue weighted by Gasteiger charge is 2.00. The third kappa shape index (κ3) is 4.42. The fourth-order valence-corrected chi connectivity index (χ4v) is 1.18. The normalized spacial score (nSPS) is 11.2. The lowest BCUT2D eigenvalue weighted by molar-refractivity contribution is 0.200. The fourth-order valence-electron chi connectivity index (χ4n) is 1.18. The van der Waals surface area contributed by atoms with E-state index in [-0.39, 0.29) is 6.61 Å². The number of hydrogen-bond donors (Lipinski definition) is 1. The second-order valence-electron chi connectivity index (χ2n) is 3.62. The molecule has 0 aliphatic heterocycles. The summed E-state index contributed by atoms with van der Waals surface area (Å²) < 4.78 is 5.37. The number of aromatic nitrogens is 1. The van der Waals surface area contributed by atoms with Crippen LogP contribution in [0.15, 0.2) is 24.4 Å². The first-order valence-electron chi connectivity index (χ1n) is 5.24. The Morgan fingerprint density at radius 2 is 2.31 bits per heavy atom. The zero-order valence-corrected chi connectivity index (χ0v) is 9.76. The first-order valence-corrected chi connectivity index (χ1v) is 5.24. The van der Waals surface area contributed by atoms with E-state index in [0.717, 1.165) is 12.2 Å². The molecule has 1 aromatic rings. The summed E-state index contributed by atoms with van der Waals surface area (Å²) in [5.74, 6) is 0.701. The highest BCUT2D eigenvalue weighted by Crippen LogP contribution is 2.16. The van der Waals surface area contributed by atoms with Crippen LogP contribution in [0, 0.1) is 0 Å². The Bertz CT molecular complexity index is 338. The molecule has 0 atom stereocenters. The van der Waals surface area contributed by atoms with Gasteiger partial charge in [-0.3, -0.25) is 4.98 Å². The van der Waals surface area contributed by atoms with Crippen molar-refractivity contribution < 1.29 is 9.84 Å². The first kappa shape index (κ1) is 12.7. The second-order valence-corrected chi connectivity index (χ2v) is 3.62. The van der Waals surface area contributed by atoms with Crippen LogP contribution in [0.5, 0.6) is 5.75 Å². The first-order chi connectivity index (χ1) is 7.74. The van der Waals surface area contributed by atoms with Gasteiger partial charge in [0.1, 0.15) is 18.1 Å². The molecule has 0 radical (unpaired) electrons. The highest BCUT2D eigenvalue weighted by atomic mass is 16.5. The van der Waals surface area contributed by atoms with Crippen molar-refractivity contribution >= 4 is 6.08 Å². The monoisotopic (exact) mass is 222 g/mol. The molecule has 0 aromatic carbocycles. The molecular formula is C12H18N2O2. The summed E-state index contributed by atoms with van der Waals surface area (Å²) >= 11 is 0. The lowest BCUT2D eigenvalue weighted by Gasteiger charge is -2.07. The zero-order valence-electron chi connectivity index (χ0n) is 9.76. The van der Waals surface area contributed by atoms with Crippen LogP contribution in [-0.4, -0.2) is 48.8 Å². The van der Waals surface area contributed by atoms with Gasteiger partial charge in [-0.05, 0) is 32.3 Å². The molecule has 0 unspecified atom stereocenters. The predicted molar refractivity (Wildman–Crippen MR) is 64.4 cm³/mol. The average molecular weight is 222 g/mol. The number of nitrogens with zero attached hydrogens (tertiary/aromatic N) is 2. The smallest absolute Gasteiger partial charge is 0.145 e. The molecular weight excluding hydrogens is 204 g/mol. The Morgan fingerprint density at radius 3 is 3.00 bits per heavy atom. The van der Waals surface area contributed by atoms with Crippen LogP contribution >= 0.6 is 0 Å². The summed E-state index contributed by atoms with van der Waals surface area (Å²) in [7, 11) is 4.01. The number of pyridine rings is 1. The van der Waals surface area contributed by atoms with Crippen LogP contribution in [-0.2, 0) is 0 Å². The maximum atomic E-state index is 8.70. The van der Waals surface area contributed by atoms with Crippen molar-refractivity contribution in [3.63, 3.8) is 0 Å². The molecule has 88 valence electrons. The van der Waals surface area contributed by atoms with Crippen molar-refractivity contribution in [1.29, 1.82) is 0 Å². The molecule has 0 fully saturated rings. The van der Waals surface area contributed by atoms with E-state index in [2.05, 4.69) is 9.88 Å². The van der Waals surface area contributed by atoms with Crippen LogP contribution < -0.4 is 4.74 Å². The Balaban J connectivity index is 2.66. The van der Waals surface area contributed by atoms with E-state index in [1.165, 1.54) is 0 Å². The van der Waals surface area contributed by atoms with Crippen LogP contribution in [0.1, 0.15) is 5.69 Å². The molecule has 1 rings (SSSR count). The molecule has 4 nitrogen and oxygen atoms in total. The number of rotatable bonds is 6. The lowest BCUT2D eigenvalue weighted by atomic mass is 10.3. The predicted octanol–water partition coefficient (Wildman–Crippen LogP) is 1.03. The molecule has 0 bridgehead atoms. The fraction of sp³-hybridized carbons (Fsp3) is 0.417. The minimum absolute atomic E-state index is 0.00967. The number of ether oxygens (including phenoxy) is 1. The van der Waals surface area contributed by atoms with Crippen LogP contribution in [0.3, 0.4) is 0 Å². The summed E-state index contributed by atoms with van der Waals surface area (Å²) in [5.41, 5.74) is 0.790. The van der Waals surface area contributed by atoms with Gasteiger partial charge < -0.3 is 14.7 Å². The topological polar surface area (TPSA) is 45.6 Å². The molecule has 0 spiro atoms. The van der Waals surface area contributed by atoms with Gasteiger partial charge in [0.05, 0.1) is 6.61 Å². The summed E-state index contributed by atoms with van der Waals surface area (Å²) in [6, 6.07) is 3.66. The largest absolute Gasteiger partial charge is 0.489 e. The van der Waals surface area contributed by atoms with E-state index in [1.54, 1.807) is 6.20 Å². The van der Waals surface area contributed by atoms with Gasteiger partial charge in [-0.25, -0.2) is 0 Å². The molecule has 1 N–H and O–H groups in total. The van der Waals surface area contributed by atoms with E-state index in [4.69, 9.17) is 9.84 Å². The second kappa shape index (κ2) is 6.98. The molecule has 0 aliphatic carbocycles. The van der Waals surface area contributed by atoms with Gasteiger partial charge in [-0.2, -0.15) is 0 Å². The van der Waals surface area contributed by atoms with Gasteiger partial charge in [-0.1, -0.05) is 6.08 Å². The minimum atomic E-state index is 0.00967. The molecule has 0 saturated carbocycles. The lowest BCUT2D eigenvalue weighted by Crippen LogP contribution is -2.10. The third-order valence-electron chi connectivity index (χ3n) is 1.89. The Morgan fingerprint density at radius 1 is 1.50 bits per heavy atom. The average Bonchev–Trinajstić information content (AvgIpc) is 2.27. The SMILES string of the molecule is CN(C)CC=Cc1ncccc1OCCO. The molecule has 16 heavy (non-hydrogen) atoms. The van der Waals surface area contributed by atoms with Crippen LogP contribution in [0.4, 0.5) is 0 Å². The summed E-state index contributed by atoms with van der Waals surface area (Å²) in [5, 5.41) is 8.70. The minimum Gasteiger partial charge on any atom is -0.489 e. The Labute approximate surface area is 96.2 Å². The molecule has 0 aliphatic rings. The third-order valence-corrected chi connectivity index (χ3v) is 1.89. The summed E-state index contributed by atoms with van der Waals surface area (Å²) in [6.45, 7) is 1.16. The van der Waals surface area contributed by atoms with Crippen molar-refractivity contribution in [3.05, 3.63) is 30.1 Å². The van der Waals surface area contributed by atoms with Crippen molar-refractivity contribution in [1.82, 2.24) is 9.88 Å². The van der Waals surface area contributed by atoms with E-state index < -0.39 is 0 Å². The molecule has 0 saturated heterocycles. The zero-order chi connectivity index (χ0) is 11.8. The van der Waals surface area contributed by atoms with E-state index in [0.29, 0.717) is 12.4 Å². The van der Waals surface area contributed by atoms with Gasteiger partial charge >= 0.3 is 0 Å². The van der Waals surface area contributed by atoms with E-state index >= 15 is 0 Å². The summed E-state index contributed by atoms with van der Waals surface area (Å²) in [4.78, 5) is 6.28. The maximum Gasteiger partial charge on any atom is 0.145 e.